The number of fused-ring (bicyclic) bond motifs is 6. The molecule has 5 rings (SSSR count). The minimum Gasteiger partial charge on any atom is -0.507 e. The summed E-state index contributed by atoms with van der Waals surface area (Å²) in [4.78, 5) is 39.8. The number of aromatic hydroxyl groups is 1. The number of benzene rings is 2. The molecule has 9 heteroatoms. The Bertz CT molecular complexity index is 1230. The largest absolute Gasteiger partial charge is 0.507 e. The van der Waals surface area contributed by atoms with Gasteiger partial charge in [0.25, 0.3) is 0 Å². The molecular formula is C23H20O9. The zero-order valence-corrected chi connectivity index (χ0v) is 17.9. The quantitative estimate of drug-likeness (QED) is 0.613. The minimum atomic E-state index is -1.55. The van der Waals surface area contributed by atoms with Gasteiger partial charge in [0, 0.05) is 30.5 Å². The normalized spacial score (nSPS) is 24.8. The van der Waals surface area contributed by atoms with Gasteiger partial charge in [-0.05, 0) is 18.6 Å². The van der Waals surface area contributed by atoms with Crippen molar-refractivity contribution in [2.45, 2.75) is 31.2 Å². The Labute approximate surface area is 182 Å². The van der Waals surface area contributed by atoms with E-state index < -0.39 is 34.7 Å². The molecule has 0 unspecified atom stereocenters. The summed E-state index contributed by atoms with van der Waals surface area (Å²) in [6, 6.07) is 4.08. The van der Waals surface area contributed by atoms with E-state index in [0.29, 0.717) is 6.42 Å². The van der Waals surface area contributed by atoms with Gasteiger partial charge in [0.1, 0.15) is 23.0 Å². The lowest BCUT2D eigenvalue weighted by Crippen LogP contribution is -2.46. The average Bonchev–Trinajstić information content (AvgIpc) is 3.07. The Morgan fingerprint density at radius 3 is 2.38 bits per heavy atom. The van der Waals surface area contributed by atoms with Crippen molar-refractivity contribution in [2.75, 3.05) is 21.3 Å². The number of phenolic OH excluding ortho intramolecular Hbond substituents is 1. The van der Waals surface area contributed by atoms with E-state index in [0.717, 1.165) is 0 Å². The van der Waals surface area contributed by atoms with Crippen LogP contribution in [-0.2, 0) is 19.9 Å². The lowest BCUT2D eigenvalue weighted by molar-refractivity contribution is -0.228. The molecule has 0 aromatic heterocycles. The van der Waals surface area contributed by atoms with Gasteiger partial charge >= 0.3 is 5.97 Å². The van der Waals surface area contributed by atoms with Gasteiger partial charge in [-0.2, -0.15) is 0 Å². The van der Waals surface area contributed by atoms with Crippen molar-refractivity contribution in [2.24, 2.45) is 0 Å². The van der Waals surface area contributed by atoms with Gasteiger partial charge in [0.05, 0.1) is 38.0 Å². The van der Waals surface area contributed by atoms with Crippen LogP contribution in [0.4, 0.5) is 0 Å². The van der Waals surface area contributed by atoms with Crippen molar-refractivity contribution in [1.82, 2.24) is 0 Å². The summed E-state index contributed by atoms with van der Waals surface area (Å²) in [6.45, 7) is 1.69. The predicted molar refractivity (Wildman–Crippen MR) is 108 cm³/mol. The van der Waals surface area contributed by atoms with E-state index in [1.54, 1.807) is 6.92 Å². The van der Waals surface area contributed by atoms with Crippen molar-refractivity contribution >= 4 is 17.5 Å². The Morgan fingerprint density at radius 1 is 1.00 bits per heavy atom. The highest BCUT2D eigenvalue weighted by atomic mass is 16.7. The van der Waals surface area contributed by atoms with E-state index in [-0.39, 0.29) is 51.5 Å². The van der Waals surface area contributed by atoms with Crippen LogP contribution in [-0.4, -0.2) is 49.8 Å². The monoisotopic (exact) mass is 440 g/mol. The van der Waals surface area contributed by atoms with Gasteiger partial charge < -0.3 is 28.8 Å². The molecular weight excluding hydrogens is 420 g/mol. The summed E-state index contributed by atoms with van der Waals surface area (Å²) >= 11 is 0. The van der Waals surface area contributed by atoms with E-state index in [9.17, 15) is 19.5 Å². The molecule has 1 saturated heterocycles. The van der Waals surface area contributed by atoms with Crippen LogP contribution in [0.15, 0.2) is 18.2 Å². The second kappa shape index (κ2) is 6.46. The zero-order chi connectivity index (χ0) is 23.0. The molecule has 2 aromatic rings. The molecule has 2 bridgehead atoms. The number of hydrogen-bond acceptors (Lipinski definition) is 9. The number of esters is 1. The summed E-state index contributed by atoms with van der Waals surface area (Å²) in [7, 11) is 3.96. The van der Waals surface area contributed by atoms with E-state index >= 15 is 0 Å². The van der Waals surface area contributed by atoms with Crippen LogP contribution in [0.2, 0.25) is 0 Å². The SMILES string of the molecule is COC(=O)[C@@]12CC[C@@](C)(Oc3cc4c(c(OC)c31)C(=O)c1c(O)cc(OC)cc1C4=O)O2. The lowest BCUT2D eigenvalue weighted by Gasteiger charge is -2.39. The fourth-order valence-corrected chi connectivity index (χ4v) is 4.88. The maximum atomic E-state index is 13.5. The van der Waals surface area contributed by atoms with Gasteiger partial charge in [-0.15, -0.1) is 0 Å². The highest BCUT2D eigenvalue weighted by molar-refractivity contribution is 6.30. The fraction of sp³-hybridized carbons (Fsp3) is 0.348. The van der Waals surface area contributed by atoms with Gasteiger partial charge in [-0.25, -0.2) is 4.79 Å². The molecule has 3 aliphatic rings. The molecule has 2 aromatic carbocycles. The first-order valence-electron chi connectivity index (χ1n) is 9.93. The molecule has 1 aliphatic carbocycles. The topological polar surface area (TPSA) is 118 Å². The van der Waals surface area contributed by atoms with Gasteiger partial charge in [-0.3, -0.25) is 9.59 Å². The molecule has 2 aliphatic heterocycles. The standard InChI is InChI=1S/C23H20O9/c1-22-5-6-23(32-22,21(27)30-4)17-14(31-22)9-12-16(20(17)29-3)19(26)15-11(18(12)25)7-10(28-2)8-13(15)24/h7-9,24H,5-6H2,1-4H3/t22-,23+/m0/s1. The average molecular weight is 440 g/mol. The number of ketones is 2. The number of ether oxygens (including phenoxy) is 5. The Kier molecular flexibility index (Phi) is 4.10. The summed E-state index contributed by atoms with van der Waals surface area (Å²) < 4.78 is 27.8. The first kappa shape index (κ1) is 20.3. The van der Waals surface area contributed by atoms with Gasteiger partial charge in [-0.1, -0.05) is 0 Å². The van der Waals surface area contributed by atoms with Crippen LogP contribution in [0.3, 0.4) is 0 Å². The van der Waals surface area contributed by atoms with Crippen LogP contribution in [0.5, 0.6) is 23.0 Å². The van der Waals surface area contributed by atoms with Crippen LogP contribution in [0.25, 0.3) is 0 Å². The van der Waals surface area contributed by atoms with E-state index in [1.807, 2.05) is 0 Å². The molecule has 2 atom stereocenters. The number of hydrogen-bond donors (Lipinski definition) is 1. The number of methoxy groups -OCH3 is 3. The molecule has 1 N–H and O–H groups in total. The van der Waals surface area contributed by atoms with E-state index in [4.69, 9.17) is 23.7 Å². The molecule has 0 saturated carbocycles. The first-order valence-corrected chi connectivity index (χ1v) is 9.93. The van der Waals surface area contributed by atoms with Crippen LogP contribution >= 0.6 is 0 Å². The summed E-state index contributed by atoms with van der Waals surface area (Å²) in [5.41, 5.74) is -1.56. The van der Waals surface area contributed by atoms with Crippen LogP contribution < -0.4 is 14.2 Å². The number of carbonyl (C=O) groups excluding carboxylic acids is 3. The molecule has 0 radical (unpaired) electrons. The Morgan fingerprint density at radius 2 is 1.72 bits per heavy atom. The molecule has 0 amide bonds. The Balaban J connectivity index is 1.83. The van der Waals surface area contributed by atoms with Crippen molar-refractivity contribution in [3.05, 3.63) is 46.0 Å². The number of carbonyl (C=O) groups is 3. The van der Waals surface area contributed by atoms with E-state index in [2.05, 4.69) is 0 Å². The summed E-state index contributed by atoms with van der Waals surface area (Å²) in [5.74, 6) is -2.89. The third-order valence-electron chi connectivity index (χ3n) is 6.29. The van der Waals surface area contributed by atoms with Crippen molar-refractivity contribution in [3.8, 4) is 23.0 Å². The van der Waals surface area contributed by atoms with Gasteiger partial charge in [0.15, 0.2) is 5.78 Å². The highest BCUT2D eigenvalue weighted by Gasteiger charge is 2.62. The van der Waals surface area contributed by atoms with Crippen LogP contribution in [0, 0.1) is 0 Å². The third kappa shape index (κ3) is 2.39. The first-order chi connectivity index (χ1) is 15.2. The predicted octanol–water partition coefficient (Wildman–Crippen LogP) is 2.47. The molecule has 0 spiro atoms. The summed E-state index contributed by atoms with van der Waals surface area (Å²) in [5, 5.41) is 10.5. The maximum absolute atomic E-state index is 13.5. The molecule has 1 fully saturated rings. The van der Waals surface area contributed by atoms with Crippen molar-refractivity contribution in [1.29, 1.82) is 0 Å². The summed E-state index contributed by atoms with van der Waals surface area (Å²) in [6.07, 6.45) is 0.615. The molecule has 2 heterocycles. The lowest BCUT2D eigenvalue weighted by atomic mass is 9.78. The fourth-order valence-electron chi connectivity index (χ4n) is 4.88. The smallest absolute Gasteiger partial charge is 0.343 e. The molecule has 32 heavy (non-hydrogen) atoms. The molecule has 9 nitrogen and oxygen atoms in total. The second-order valence-corrected chi connectivity index (χ2v) is 8.09. The van der Waals surface area contributed by atoms with Crippen LogP contribution in [0.1, 0.15) is 57.2 Å². The minimum absolute atomic E-state index is 0.00489. The van der Waals surface area contributed by atoms with Gasteiger partial charge in [0.2, 0.25) is 17.2 Å². The number of phenols is 1. The zero-order valence-electron chi connectivity index (χ0n) is 17.9. The van der Waals surface area contributed by atoms with E-state index in [1.165, 1.54) is 39.5 Å². The number of rotatable bonds is 3. The highest BCUT2D eigenvalue weighted by Crippen LogP contribution is 2.58. The van der Waals surface area contributed by atoms with Crippen molar-refractivity contribution in [3.63, 3.8) is 0 Å². The third-order valence-corrected chi connectivity index (χ3v) is 6.29. The Hall–Kier alpha value is -3.59. The second-order valence-electron chi connectivity index (χ2n) is 8.09. The maximum Gasteiger partial charge on any atom is 0.343 e. The van der Waals surface area contributed by atoms with Crippen molar-refractivity contribution < 1.29 is 43.2 Å². The molecule has 166 valence electrons.